The van der Waals surface area contributed by atoms with Gasteiger partial charge in [0.25, 0.3) is 0 Å². The minimum atomic E-state index is 0.307. The lowest BCUT2D eigenvalue weighted by Crippen LogP contribution is -2.58. The summed E-state index contributed by atoms with van der Waals surface area (Å²) in [7, 11) is 0. The van der Waals surface area contributed by atoms with Crippen LogP contribution in [-0.2, 0) is 0 Å². The summed E-state index contributed by atoms with van der Waals surface area (Å²) in [6.45, 7) is 7.66. The van der Waals surface area contributed by atoms with E-state index < -0.39 is 0 Å². The van der Waals surface area contributed by atoms with Crippen molar-refractivity contribution in [3.8, 4) is 0 Å². The smallest absolute Gasteiger partial charge is 0.109 e. The molecule has 0 spiro atoms. The number of nitrogens with zero attached hydrogens (tertiary/aromatic N) is 3. The lowest BCUT2D eigenvalue weighted by atomic mass is 9.69. The fourth-order valence-electron chi connectivity index (χ4n) is 5.09. The van der Waals surface area contributed by atoms with E-state index in [9.17, 15) is 0 Å². The van der Waals surface area contributed by atoms with E-state index in [0.29, 0.717) is 10.2 Å². The van der Waals surface area contributed by atoms with Crippen LogP contribution in [0.5, 0.6) is 0 Å². The van der Waals surface area contributed by atoms with Crippen molar-refractivity contribution >= 4 is 29.7 Å². The van der Waals surface area contributed by atoms with E-state index in [1.54, 1.807) is 0 Å². The highest BCUT2D eigenvalue weighted by Crippen LogP contribution is 2.55. The molecule has 4 nitrogen and oxygen atoms in total. The fourth-order valence-corrected chi connectivity index (χ4v) is 8.37. The molecule has 0 bridgehead atoms. The Bertz CT molecular complexity index is 587. The highest BCUT2D eigenvalue weighted by molar-refractivity contribution is 8.01. The largest absolute Gasteiger partial charge is 0.364 e. The van der Waals surface area contributed by atoms with Gasteiger partial charge in [-0.1, -0.05) is 13.0 Å². The van der Waals surface area contributed by atoms with Gasteiger partial charge in [-0.2, -0.15) is 23.5 Å². The standard InChI is InChI=1S/C21H34N4S2/c1-20(15-24-10-4-8-22-17-24)7-3-13-27-21(20,14-19-6-2-12-26-19)16-25-11-5-9-23-18-25/h4-5,8,10-11,19,23H,2-3,6-7,9,12-18H2,1H3. The number of allylic oxidation sites excluding steroid dienone is 1. The zero-order chi connectivity index (χ0) is 18.6. The highest BCUT2D eigenvalue weighted by Gasteiger charge is 2.52. The summed E-state index contributed by atoms with van der Waals surface area (Å²) in [6.07, 6.45) is 17.7. The van der Waals surface area contributed by atoms with E-state index in [-0.39, 0.29) is 0 Å². The van der Waals surface area contributed by atoms with E-state index in [0.717, 1.165) is 38.2 Å². The molecule has 2 saturated heterocycles. The molecule has 2 fully saturated rings. The number of hydrogen-bond donors (Lipinski definition) is 1. The van der Waals surface area contributed by atoms with Crippen molar-refractivity contribution in [1.29, 1.82) is 0 Å². The van der Waals surface area contributed by atoms with Crippen LogP contribution in [0.25, 0.3) is 0 Å². The third-order valence-corrected chi connectivity index (χ3v) is 9.82. The average Bonchev–Trinajstić information content (AvgIpc) is 3.19. The number of thioether (sulfide) groups is 2. The first-order chi connectivity index (χ1) is 13.2. The van der Waals surface area contributed by atoms with Crippen molar-refractivity contribution in [1.82, 2.24) is 15.1 Å². The molecule has 150 valence electrons. The summed E-state index contributed by atoms with van der Waals surface area (Å²) >= 11 is 4.51. The van der Waals surface area contributed by atoms with Gasteiger partial charge in [-0.15, -0.1) is 0 Å². The second kappa shape index (κ2) is 8.83. The summed E-state index contributed by atoms with van der Waals surface area (Å²) in [4.78, 5) is 9.46. The van der Waals surface area contributed by atoms with Gasteiger partial charge < -0.3 is 9.80 Å². The van der Waals surface area contributed by atoms with Crippen LogP contribution < -0.4 is 5.32 Å². The summed E-state index contributed by atoms with van der Waals surface area (Å²) in [5.41, 5.74) is 0.307. The molecule has 0 aliphatic carbocycles. The Morgan fingerprint density at radius 3 is 2.89 bits per heavy atom. The molecule has 0 radical (unpaired) electrons. The maximum atomic E-state index is 4.49. The molecule has 4 aliphatic heterocycles. The van der Waals surface area contributed by atoms with E-state index in [1.807, 2.05) is 6.21 Å². The van der Waals surface area contributed by atoms with Gasteiger partial charge in [-0.3, -0.25) is 10.3 Å². The molecule has 4 rings (SSSR count). The second-order valence-corrected chi connectivity index (χ2v) is 11.5. The maximum Gasteiger partial charge on any atom is 0.109 e. The third-order valence-electron chi connectivity index (χ3n) is 6.59. The lowest BCUT2D eigenvalue weighted by Gasteiger charge is -2.55. The van der Waals surface area contributed by atoms with Crippen LogP contribution >= 0.6 is 23.5 Å². The zero-order valence-corrected chi connectivity index (χ0v) is 18.2. The Labute approximate surface area is 173 Å². The SMILES string of the molecule is CC1(CN2C=CC=NC2)CCCSC1(CC1CCCS1)CN1C=CCNC1. The summed E-state index contributed by atoms with van der Waals surface area (Å²) in [5, 5.41) is 4.37. The molecule has 6 heteroatoms. The quantitative estimate of drug-likeness (QED) is 0.725. The van der Waals surface area contributed by atoms with Crippen molar-refractivity contribution < 1.29 is 0 Å². The molecule has 4 heterocycles. The Balaban J connectivity index is 1.59. The Morgan fingerprint density at radius 1 is 1.19 bits per heavy atom. The second-order valence-electron chi connectivity index (χ2n) is 8.65. The normalized spacial score (nSPS) is 36.6. The maximum absolute atomic E-state index is 4.49. The number of rotatable bonds is 6. The molecule has 0 aromatic carbocycles. The van der Waals surface area contributed by atoms with E-state index in [4.69, 9.17) is 0 Å². The molecule has 0 aromatic heterocycles. The molecular formula is C21H34N4S2. The van der Waals surface area contributed by atoms with Crippen LogP contribution in [0.2, 0.25) is 0 Å². The minimum absolute atomic E-state index is 0.307. The van der Waals surface area contributed by atoms with Crippen LogP contribution in [0.4, 0.5) is 0 Å². The van der Waals surface area contributed by atoms with Crippen LogP contribution in [-0.4, -0.2) is 70.5 Å². The van der Waals surface area contributed by atoms with Gasteiger partial charge in [-0.25, -0.2) is 0 Å². The molecule has 4 aliphatic rings. The zero-order valence-electron chi connectivity index (χ0n) is 16.6. The monoisotopic (exact) mass is 406 g/mol. The van der Waals surface area contributed by atoms with Crippen LogP contribution in [0, 0.1) is 5.41 Å². The van der Waals surface area contributed by atoms with Crippen molar-refractivity contribution in [3.05, 3.63) is 24.6 Å². The van der Waals surface area contributed by atoms with Crippen molar-refractivity contribution in [2.45, 2.75) is 49.0 Å². The van der Waals surface area contributed by atoms with Gasteiger partial charge in [-0.05, 0) is 55.9 Å². The molecule has 3 unspecified atom stereocenters. The molecule has 27 heavy (non-hydrogen) atoms. The average molecular weight is 407 g/mol. The summed E-state index contributed by atoms with van der Waals surface area (Å²) in [6, 6.07) is 0. The Hall–Kier alpha value is -0.590. The van der Waals surface area contributed by atoms with Gasteiger partial charge in [0.15, 0.2) is 0 Å². The van der Waals surface area contributed by atoms with Crippen LogP contribution in [0.15, 0.2) is 29.5 Å². The van der Waals surface area contributed by atoms with Crippen molar-refractivity contribution in [3.63, 3.8) is 0 Å². The molecule has 0 amide bonds. The van der Waals surface area contributed by atoms with Gasteiger partial charge in [0, 0.05) is 47.5 Å². The van der Waals surface area contributed by atoms with Crippen LogP contribution in [0.3, 0.4) is 0 Å². The van der Waals surface area contributed by atoms with Gasteiger partial charge in [0.1, 0.15) is 6.67 Å². The first kappa shape index (κ1) is 19.7. The molecule has 1 N–H and O–H groups in total. The van der Waals surface area contributed by atoms with E-state index in [2.05, 4.69) is 75.1 Å². The lowest BCUT2D eigenvalue weighted by molar-refractivity contribution is 0.102. The first-order valence-electron chi connectivity index (χ1n) is 10.5. The van der Waals surface area contributed by atoms with Gasteiger partial charge in [0.05, 0.1) is 6.67 Å². The molecule has 3 atom stereocenters. The molecule has 0 aromatic rings. The predicted octanol–water partition coefficient (Wildman–Crippen LogP) is 3.78. The van der Waals surface area contributed by atoms with E-state index >= 15 is 0 Å². The Kier molecular flexibility index (Phi) is 6.45. The minimum Gasteiger partial charge on any atom is -0.364 e. The van der Waals surface area contributed by atoms with Crippen molar-refractivity contribution in [2.24, 2.45) is 10.4 Å². The van der Waals surface area contributed by atoms with Gasteiger partial charge in [0.2, 0.25) is 0 Å². The molecule has 0 saturated carbocycles. The summed E-state index contributed by atoms with van der Waals surface area (Å²) < 4.78 is 0.311. The van der Waals surface area contributed by atoms with Crippen molar-refractivity contribution in [2.75, 3.05) is 44.5 Å². The first-order valence-corrected chi connectivity index (χ1v) is 12.5. The number of aliphatic imine (C=N–C) groups is 1. The van der Waals surface area contributed by atoms with Gasteiger partial charge >= 0.3 is 0 Å². The van der Waals surface area contributed by atoms with E-state index in [1.165, 1.54) is 43.6 Å². The summed E-state index contributed by atoms with van der Waals surface area (Å²) in [5.74, 6) is 2.67. The number of nitrogens with one attached hydrogen (secondary N) is 1. The topological polar surface area (TPSA) is 30.9 Å². The van der Waals surface area contributed by atoms with Crippen LogP contribution in [0.1, 0.15) is 39.0 Å². The fraction of sp³-hybridized carbons (Fsp3) is 0.762. The predicted molar refractivity (Wildman–Crippen MR) is 121 cm³/mol. The third kappa shape index (κ3) is 4.54. The highest BCUT2D eigenvalue weighted by atomic mass is 32.2. The number of hydrogen-bond acceptors (Lipinski definition) is 6. The Morgan fingerprint density at radius 2 is 2.15 bits per heavy atom. The molecular weight excluding hydrogens is 372 g/mol.